The zero-order chi connectivity index (χ0) is 20.4. The first-order chi connectivity index (χ1) is 15.3. The van der Waals surface area contributed by atoms with Crippen LogP contribution >= 0.6 is 0 Å². The van der Waals surface area contributed by atoms with E-state index < -0.39 is 0 Å². The maximum Gasteiger partial charge on any atom is 0.197 e. The summed E-state index contributed by atoms with van der Waals surface area (Å²) in [6.07, 6.45) is 7.92. The van der Waals surface area contributed by atoms with Gasteiger partial charge in [-0.15, -0.1) is 0 Å². The maximum atomic E-state index is 6.02. The van der Waals surface area contributed by atoms with Crippen molar-refractivity contribution < 1.29 is 9.15 Å². The summed E-state index contributed by atoms with van der Waals surface area (Å²) in [6.45, 7) is 2.37. The quantitative estimate of drug-likeness (QED) is 0.621. The molecule has 4 heterocycles. The van der Waals surface area contributed by atoms with E-state index in [1.807, 2.05) is 6.20 Å². The number of rotatable bonds is 5. The molecule has 6 nitrogen and oxygen atoms in total. The van der Waals surface area contributed by atoms with Gasteiger partial charge in [0, 0.05) is 36.2 Å². The molecule has 1 aromatic carbocycles. The van der Waals surface area contributed by atoms with Crippen molar-refractivity contribution >= 4 is 11.5 Å². The average molecular weight is 412 g/mol. The number of aliphatic imine (C=N–C) groups is 1. The van der Waals surface area contributed by atoms with Gasteiger partial charge >= 0.3 is 0 Å². The van der Waals surface area contributed by atoms with Crippen molar-refractivity contribution in [2.45, 2.75) is 57.2 Å². The molecular weight excluding hydrogens is 388 g/mol. The number of nitrogens with zero attached hydrogens (tertiary/aromatic N) is 4. The van der Waals surface area contributed by atoms with Gasteiger partial charge in [-0.2, -0.15) is 0 Å². The van der Waals surface area contributed by atoms with Crippen LogP contribution in [0.5, 0.6) is 5.75 Å². The molecule has 0 N–H and O–H groups in total. The summed E-state index contributed by atoms with van der Waals surface area (Å²) in [5.41, 5.74) is 5.66. The fourth-order valence-corrected chi connectivity index (χ4v) is 4.52. The Labute approximate surface area is 181 Å². The van der Waals surface area contributed by atoms with Crippen molar-refractivity contribution in [3.8, 4) is 5.75 Å². The van der Waals surface area contributed by atoms with Gasteiger partial charge in [0.15, 0.2) is 5.89 Å². The molecule has 7 rings (SSSR count). The normalized spacial score (nSPS) is 19.7. The summed E-state index contributed by atoms with van der Waals surface area (Å²) >= 11 is 0. The number of hydrogen-bond acceptors (Lipinski definition) is 6. The maximum absolute atomic E-state index is 6.02. The second kappa shape index (κ2) is 6.67. The monoisotopic (exact) mass is 412 g/mol. The third-order valence-electron chi connectivity index (χ3n) is 6.58. The summed E-state index contributed by atoms with van der Waals surface area (Å²) in [6, 6.07) is 10.6. The molecule has 2 aliphatic heterocycles. The van der Waals surface area contributed by atoms with Gasteiger partial charge in [0.05, 0.1) is 24.9 Å². The summed E-state index contributed by atoms with van der Waals surface area (Å²) in [7, 11) is 0. The number of anilines is 1. The molecule has 0 bridgehead atoms. The first-order valence-electron chi connectivity index (χ1n) is 11.3. The highest BCUT2D eigenvalue weighted by atomic mass is 16.5. The standard InChI is InChI=1S/C25H24N4O2/c1-2-15(1)25-28-21-14-29(10-8-22(21)31-25)23-11-16(7-9-26-23)24-20-12-19(30-18-5-6-18)4-3-17(20)13-27-24/h3-4,7,9,11-12,15,18H,1-2,5-6,8,10,13-14H2. The summed E-state index contributed by atoms with van der Waals surface area (Å²) in [5, 5.41) is 0. The number of ether oxygens (including phenoxy) is 1. The topological polar surface area (TPSA) is 63.8 Å². The lowest BCUT2D eigenvalue weighted by molar-refractivity contribution is 0.303. The molecule has 3 aromatic rings. The Balaban J connectivity index is 1.16. The number of hydrogen-bond donors (Lipinski definition) is 0. The van der Waals surface area contributed by atoms with Crippen LogP contribution in [-0.2, 0) is 19.5 Å². The highest BCUT2D eigenvalue weighted by molar-refractivity contribution is 6.15. The number of pyridine rings is 1. The number of aromatic nitrogens is 2. The van der Waals surface area contributed by atoms with Gasteiger partial charge in [0.25, 0.3) is 0 Å². The molecule has 2 aliphatic carbocycles. The SMILES string of the molecule is c1cc(C2=NCc3ccc(OC4CC4)cc32)cc(N2CCc3oc(C4CC4)nc3C2)n1. The summed E-state index contributed by atoms with van der Waals surface area (Å²) < 4.78 is 12.0. The number of fused-ring (bicyclic) bond motifs is 2. The minimum absolute atomic E-state index is 0.397. The Morgan fingerprint density at radius 3 is 2.87 bits per heavy atom. The van der Waals surface area contributed by atoms with Crippen LogP contribution in [0, 0.1) is 0 Å². The third kappa shape index (κ3) is 3.21. The fraction of sp³-hybridized carbons (Fsp3) is 0.400. The second-order valence-electron chi connectivity index (χ2n) is 9.07. The average Bonchev–Trinajstić information content (AvgIpc) is 3.73. The highest BCUT2D eigenvalue weighted by Crippen LogP contribution is 2.41. The molecule has 2 fully saturated rings. The molecular formula is C25H24N4O2. The minimum Gasteiger partial charge on any atom is -0.490 e. The lowest BCUT2D eigenvalue weighted by Gasteiger charge is -2.26. The lowest BCUT2D eigenvalue weighted by atomic mass is 10.0. The minimum atomic E-state index is 0.397. The van der Waals surface area contributed by atoms with Gasteiger partial charge in [0.2, 0.25) is 0 Å². The Morgan fingerprint density at radius 1 is 1.06 bits per heavy atom. The van der Waals surface area contributed by atoms with Gasteiger partial charge in [-0.05, 0) is 55.5 Å². The molecule has 0 unspecified atom stereocenters. The van der Waals surface area contributed by atoms with Crippen LogP contribution in [0.1, 0.15) is 65.6 Å². The van der Waals surface area contributed by atoms with E-state index in [1.165, 1.54) is 24.0 Å². The van der Waals surface area contributed by atoms with E-state index in [0.29, 0.717) is 12.0 Å². The van der Waals surface area contributed by atoms with Gasteiger partial charge in [-0.1, -0.05) is 6.07 Å². The van der Waals surface area contributed by atoms with Crippen molar-refractivity contribution in [2.24, 2.45) is 4.99 Å². The molecule has 4 aliphatic rings. The molecule has 0 amide bonds. The Kier molecular flexibility index (Phi) is 3.77. The summed E-state index contributed by atoms with van der Waals surface area (Å²) in [4.78, 5) is 16.6. The van der Waals surface area contributed by atoms with E-state index in [-0.39, 0.29) is 0 Å². The zero-order valence-corrected chi connectivity index (χ0v) is 17.4. The Morgan fingerprint density at radius 2 is 2.00 bits per heavy atom. The number of oxazole rings is 1. The van der Waals surface area contributed by atoms with Crippen molar-refractivity contribution in [1.29, 1.82) is 0 Å². The van der Waals surface area contributed by atoms with Crippen LogP contribution in [0.2, 0.25) is 0 Å². The van der Waals surface area contributed by atoms with Crippen LogP contribution in [0.4, 0.5) is 5.82 Å². The highest BCUT2D eigenvalue weighted by Gasteiger charge is 2.32. The lowest BCUT2D eigenvalue weighted by Crippen LogP contribution is -2.30. The van der Waals surface area contributed by atoms with E-state index in [1.54, 1.807) is 0 Å². The fourth-order valence-electron chi connectivity index (χ4n) is 4.52. The van der Waals surface area contributed by atoms with Crippen molar-refractivity contribution in [1.82, 2.24) is 9.97 Å². The van der Waals surface area contributed by atoms with Gasteiger partial charge in [-0.3, -0.25) is 4.99 Å². The van der Waals surface area contributed by atoms with Crippen molar-refractivity contribution in [3.63, 3.8) is 0 Å². The first kappa shape index (κ1) is 17.5. The zero-order valence-electron chi connectivity index (χ0n) is 17.4. The molecule has 0 atom stereocenters. The molecule has 6 heteroatoms. The molecule has 0 radical (unpaired) electrons. The summed E-state index contributed by atoms with van der Waals surface area (Å²) in [5.74, 6) is 4.47. The van der Waals surface area contributed by atoms with Gasteiger partial charge in [0.1, 0.15) is 23.0 Å². The van der Waals surface area contributed by atoms with E-state index in [4.69, 9.17) is 19.1 Å². The van der Waals surface area contributed by atoms with Crippen LogP contribution in [0.15, 0.2) is 45.9 Å². The van der Waals surface area contributed by atoms with Crippen LogP contribution in [0.3, 0.4) is 0 Å². The predicted octanol–water partition coefficient (Wildman–Crippen LogP) is 4.40. The van der Waals surface area contributed by atoms with E-state index in [2.05, 4.69) is 40.2 Å². The van der Waals surface area contributed by atoms with Crippen molar-refractivity contribution in [2.75, 3.05) is 11.4 Å². The smallest absolute Gasteiger partial charge is 0.197 e. The van der Waals surface area contributed by atoms with E-state index in [9.17, 15) is 0 Å². The van der Waals surface area contributed by atoms with Gasteiger partial charge in [-0.25, -0.2) is 9.97 Å². The van der Waals surface area contributed by atoms with E-state index in [0.717, 1.165) is 79.1 Å². The molecule has 2 aromatic heterocycles. The Hall–Kier alpha value is -3.15. The van der Waals surface area contributed by atoms with Crippen molar-refractivity contribution in [3.05, 3.63) is 70.6 Å². The third-order valence-corrected chi connectivity index (χ3v) is 6.58. The number of benzene rings is 1. The molecule has 2 saturated carbocycles. The molecule has 31 heavy (non-hydrogen) atoms. The predicted molar refractivity (Wildman–Crippen MR) is 117 cm³/mol. The largest absolute Gasteiger partial charge is 0.490 e. The molecule has 0 spiro atoms. The van der Waals surface area contributed by atoms with Crippen LogP contribution in [-0.4, -0.2) is 28.3 Å². The Bertz CT molecular complexity index is 1210. The van der Waals surface area contributed by atoms with E-state index >= 15 is 0 Å². The molecule has 0 saturated heterocycles. The van der Waals surface area contributed by atoms with Crippen LogP contribution in [0.25, 0.3) is 0 Å². The first-order valence-corrected chi connectivity index (χ1v) is 11.3. The molecule has 156 valence electrons. The van der Waals surface area contributed by atoms with Crippen LogP contribution < -0.4 is 9.64 Å². The second-order valence-corrected chi connectivity index (χ2v) is 9.07. The van der Waals surface area contributed by atoms with Gasteiger partial charge < -0.3 is 14.1 Å².